The molecule has 0 N–H and O–H groups in total. The Kier molecular flexibility index (Phi) is 6.99. The molecule has 8 nitrogen and oxygen atoms in total. The molecule has 23 heavy (non-hydrogen) atoms. The van der Waals surface area contributed by atoms with E-state index in [0.29, 0.717) is 11.8 Å². The highest BCUT2D eigenvalue weighted by Gasteiger charge is 2.12. The lowest BCUT2D eigenvalue weighted by atomic mass is 10.2. The van der Waals surface area contributed by atoms with Crippen LogP contribution in [-0.4, -0.2) is 45.0 Å². The second-order valence-electron chi connectivity index (χ2n) is 3.97. The zero-order chi connectivity index (χ0) is 17.2. The molecule has 0 heterocycles. The van der Waals surface area contributed by atoms with Crippen LogP contribution in [-0.2, 0) is 23.9 Å². The molecule has 0 bridgehead atoms. The van der Waals surface area contributed by atoms with Crippen molar-refractivity contribution in [2.45, 2.75) is 0 Å². The van der Waals surface area contributed by atoms with Gasteiger partial charge in [-0.2, -0.15) is 0 Å². The minimum absolute atomic E-state index is 0.0734. The Hall–Kier alpha value is -3.16. The Morgan fingerprint density at radius 2 is 1.74 bits per heavy atom. The third-order valence-electron chi connectivity index (χ3n) is 2.44. The van der Waals surface area contributed by atoms with Crippen LogP contribution < -0.4 is 9.47 Å². The quantitative estimate of drug-likeness (QED) is 0.312. The molecule has 0 saturated heterocycles. The van der Waals surface area contributed by atoms with Crippen LogP contribution in [0.15, 0.2) is 30.4 Å². The van der Waals surface area contributed by atoms with Crippen LogP contribution in [0.3, 0.4) is 0 Å². The topological polar surface area (TPSA) is 105 Å². The normalized spacial score (nSPS) is 10.0. The third-order valence-corrected chi connectivity index (χ3v) is 2.44. The SMILES string of the molecule is COC(=O)C=CC(=O)OCC(=O)Oc1ccc(C=O)cc1OC. The van der Waals surface area contributed by atoms with E-state index < -0.39 is 24.5 Å². The van der Waals surface area contributed by atoms with Gasteiger partial charge in [-0.15, -0.1) is 0 Å². The number of aldehydes is 1. The summed E-state index contributed by atoms with van der Waals surface area (Å²) < 4.78 is 18.8. The van der Waals surface area contributed by atoms with Gasteiger partial charge in [-0.25, -0.2) is 14.4 Å². The van der Waals surface area contributed by atoms with Crippen LogP contribution in [0.5, 0.6) is 11.5 Å². The van der Waals surface area contributed by atoms with Crippen LogP contribution in [0.25, 0.3) is 0 Å². The zero-order valence-electron chi connectivity index (χ0n) is 12.4. The summed E-state index contributed by atoms with van der Waals surface area (Å²) in [6, 6.07) is 4.20. The summed E-state index contributed by atoms with van der Waals surface area (Å²) in [5.74, 6) is -2.24. The minimum Gasteiger partial charge on any atom is -0.493 e. The maximum atomic E-state index is 11.6. The molecule has 0 aliphatic rings. The fourth-order valence-corrected chi connectivity index (χ4v) is 1.38. The van der Waals surface area contributed by atoms with Gasteiger partial charge in [-0.1, -0.05) is 0 Å². The Morgan fingerprint density at radius 3 is 2.35 bits per heavy atom. The first-order chi connectivity index (χ1) is 11.0. The predicted molar refractivity (Wildman–Crippen MR) is 76.1 cm³/mol. The van der Waals surface area contributed by atoms with E-state index in [4.69, 9.17) is 9.47 Å². The standard InChI is InChI=1S/C15H14O8/c1-20-12-7-10(8-16)3-4-11(12)23-15(19)9-22-14(18)6-5-13(17)21-2/h3-8H,9H2,1-2H3. The van der Waals surface area contributed by atoms with Crippen LogP contribution in [0.4, 0.5) is 0 Å². The monoisotopic (exact) mass is 322 g/mol. The minimum atomic E-state index is -0.907. The number of carbonyl (C=O) groups excluding carboxylic acids is 4. The summed E-state index contributed by atoms with van der Waals surface area (Å²) in [5.41, 5.74) is 0.348. The van der Waals surface area contributed by atoms with Crippen LogP contribution in [0.1, 0.15) is 10.4 Å². The zero-order valence-corrected chi connectivity index (χ0v) is 12.4. The Labute approximate surface area is 131 Å². The van der Waals surface area contributed by atoms with Crippen molar-refractivity contribution >= 4 is 24.2 Å². The van der Waals surface area contributed by atoms with E-state index in [2.05, 4.69) is 9.47 Å². The van der Waals surface area contributed by atoms with Crippen molar-refractivity contribution in [3.05, 3.63) is 35.9 Å². The number of esters is 3. The van der Waals surface area contributed by atoms with Crippen LogP contribution in [0, 0.1) is 0 Å². The molecule has 0 saturated carbocycles. The van der Waals surface area contributed by atoms with Gasteiger partial charge in [-0.05, 0) is 18.2 Å². The van der Waals surface area contributed by atoms with Gasteiger partial charge in [0.05, 0.1) is 14.2 Å². The molecule has 1 rings (SSSR count). The third kappa shape index (κ3) is 6.00. The van der Waals surface area contributed by atoms with Gasteiger partial charge >= 0.3 is 17.9 Å². The van der Waals surface area contributed by atoms with Crippen LogP contribution in [0.2, 0.25) is 0 Å². The van der Waals surface area contributed by atoms with Crippen molar-refractivity contribution in [1.82, 2.24) is 0 Å². The number of hydrogen-bond acceptors (Lipinski definition) is 8. The molecule has 0 amide bonds. The first-order valence-electron chi connectivity index (χ1n) is 6.26. The van der Waals surface area contributed by atoms with E-state index >= 15 is 0 Å². The van der Waals surface area contributed by atoms with Gasteiger partial charge in [0.25, 0.3) is 0 Å². The average molecular weight is 322 g/mol. The van der Waals surface area contributed by atoms with Crippen molar-refractivity contribution in [1.29, 1.82) is 0 Å². The van der Waals surface area contributed by atoms with Crippen molar-refractivity contribution in [2.24, 2.45) is 0 Å². The van der Waals surface area contributed by atoms with Gasteiger partial charge in [0.2, 0.25) is 0 Å². The van der Waals surface area contributed by atoms with Gasteiger partial charge < -0.3 is 18.9 Å². The number of ether oxygens (including phenoxy) is 4. The largest absolute Gasteiger partial charge is 0.493 e. The molecule has 0 aliphatic carbocycles. The lowest BCUT2D eigenvalue weighted by Crippen LogP contribution is -2.18. The molecule has 122 valence electrons. The van der Waals surface area contributed by atoms with Crippen molar-refractivity contribution in [3.63, 3.8) is 0 Å². The van der Waals surface area contributed by atoms with Gasteiger partial charge in [0.15, 0.2) is 18.1 Å². The van der Waals surface area contributed by atoms with E-state index in [0.717, 1.165) is 19.3 Å². The maximum absolute atomic E-state index is 11.6. The molecular formula is C15H14O8. The maximum Gasteiger partial charge on any atom is 0.349 e. The molecule has 0 aliphatic heterocycles. The fraction of sp³-hybridized carbons (Fsp3) is 0.200. The Morgan fingerprint density at radius 1 is 1.04 bits per heavy atom. The van der Waals surface area contributed by atoms with Crippen molar-refractivity contribution in [2.75, 3.05) is 20.8 Å². The lowest BCUT2D eigenvalue weighted by Gasteiger charge is -2.09. The second kappa shape index (κ2) is 8.98. The van der Waals surface area contributed by atoms with E-state index in [1.54, 1.807) is 0 Å². The highest BCUT2D eigenvalue weighted by molar-refractivity contribution is 5.92. The molecular weight excluding hydrogens is 308 g/mol. The predicted octanol–water partition coefficient (Wildman–Crippen LogP) is 0.685. The van der Waals surface area contributed by atoms with Crippen molar-refractivity contribution in [3.8, 4) is 11.5 Å². The summed E-state index contributed by atoms with van der Waals surface area (Å²) in [5, 5.41) is 0. The molecule has 0 unspecified atom stereocenters. The number of hydrogen-bond donors (Lipinski definition) is 0. The summed E-state index contributed by atoms with van der Waals surface area (Å²) in [4.78, 5) is 44.3. The molecule has 0 aromatic heterocycles. The first kappa shape index (κ1) is 17.9. The molecule has 0 atom stereocenters. The highest BCUT2D eigenvalue weighted by Crippen LogP contribution is 2.27. The summed E-state index contributed by atoms with van der Waals surface area (Å²) in [7, 11) is 2.50. The number of carbonyl (C=O) groups is 4. The smallest absolute Gasteiger partial charge is 0.349 e. The van der Waals surface area contributed by atoms with Crippen molar-refractivity contribution < 1.29 is 38.1 Å². The van der Waals surface area contributed by atoms with Crippen LogP contribution >= 0.6 is 0 Å². The number of methoxy groups -OCH3 is 2. The van der Waals surface area contributed by atoms with Gasteiger partial charge in [-0.3, -0.25) is 4.79 Å². The van der Waals surface area contributed by atoms with E-state index in [9.17, 15) is 19.2 Å². The molecule has 0 fully saturated rings. The summed E-state index contributed by atoms with van der Waals surface area (Å²) >= 11 is 0. The number of benzene rings is 1. The Balaban J connectivity index is 2.57. The number of rotatable bonds is 7. The van der Waals surface area contributed by atoms with Gasteiger partial charge in [0.1, 0.15) is 6.29 Å². The summed E-state index contributed by atoms with van der Waals surface area (Å²) in [6.45, 7) is -0.664. The Bertz CT molecular complexity index is 632. The summed E-state index contributed by atoms with van der Waals surface area (Å²) in [6.07, 6.45) is 2.29. The second-order valence-corrected chi connectivity index (χ2v) is 3.97. The first-order valence-corrected chi connectivity index (χ1v) is 6.26. The lowest BCUT2D eigenvalue weighted by molar-refractivity contribution is -0.150. The van der Waals surface area contributed by atoms with E-state index in [1.165, 1.54) is 25.3 Å². The van der Waals surface area contributed by atoms with Gasteiger partial charge in [0, 0.05) is 17.7 Å². The van der Waals surface area contributed by atoms with E-state index in [1.807, 2.05) is 0 Å². The molecule has 0 spiro atoms. The van der Waals surface area contributed by atoms with E-state index in [-0.39, 0.29) is 11.5 Å². The fourth-order valence-electron chi connectivity index (χ4n) is 1.38. The highest BCUT2D eigenvalue weighted by atomic mass is 16.6. The average Bonchev–Trinajstić information content (AvgIpc) is 2.57. The molecule has 1 aromatic rings. The molecule has 0 radical (unpaired) electrons. The molecule has 1 aromatic carbocycles. The molecule has 8 heteroatoms.